The first-order valence-corrected chi connectivity index (χ1v) is 6.09. The maximum atomic E-state index is 12.3. The van der Waals surface area contributed by atoms with Crippen molar-refractivity contribution in [1.82, 2.24) is 9.80 Å². The zero-order valence-electron chi connectivity index (χ0n) is 12.7. The molecule has 4 nitrogen and oxygen atoms in total. The van der Waals surface area contributed by atoms with Crippen LogP contribution in [0.5, 0.6) is 0 Å². The Morgan fingerprint density at radius 1 is 1.15 bits per heavy atom. The molecule has 0 heterocycles. The number of aryl methyl sites for hydroxylation is 1. The number of nitrogens with zero attached hydrogens (tertiary/aromatic N) is 2. The number of rotatable bonds is 5. The normalized spacial score (nSPS) is 11.6. The molecule has 0 fully saturated rings. The van der Waals surface area contributed by atoms with E-state index in [2.05, 4.69) is 5.32 Å². The lowest BCUT2D eigenvalue weighted by molar-refractivity contribution is -0.120. The summed E-state index contributed by atoms with van der Waals surface area (Å²) in [6, 6.07) is 7.66. The number of hydrogen-bond acceptors (Lipinski definition) is 3. The van der Waals surface area contributed by atoms with Gasteiger partial charge in [-0.05, 0) is 46.7 Å². The third-order valence-corrected chi connectivity index (χ3v) is 2.87. The number of benzene rings is 1. The topological polar surface area (TPSA) is 35.6 Å². The van der Waals surface area contributed by atoms with Gasteiger partial charge in [0, 0.05) is 12.2 Å². The molecule has 1 N–H and O–H groups in total. The highest BCUT2D eigenvalue weighted by atomic mass is 35.5. The molecule has 1 atom stereocenters. The molecule has 1 aromatic carbocycles. The van der Waals surface area contributed by atoms with Crippen LogP contribution >= 0.6 is 24.8 Å². The van der Waals surface area contributed by atoms with E-state index < -0.39 is 0 Å². The van der Waals surface area contributed by atoms with E-state index in [0.29, 0.717) is 6.54 Å². The van der Waals surface area contributed by atoms with Crippen LogP contribution in [0.15, 0.2) is 24.3 Å². The van der Waals surface area contributed by atoms with Gasteiger partial charge in [-0.3, -0.25) is 9.69 Å². The summed E-state index contributed by atoms with van der Waals surface area (Å²) >= 11 is 0. The first kappa shape index (κ1) is 21.5. The summed E-state index contributed by atoms with van der Waals surface area (Å²) in [5.74, 6) is 0.0306. The highest BCUT2D eigenvalue weighted by Crippen LogP contribution is 2.14. The number of hydrogen-bond donors (Lipinski definition) is 1. The van der Waals surface area contributed by atoms with Crippen molar-refractivity contribution in [2.75, 3.05) is 40.1 Å². The number of anilines is 1. The fraction of sp³-hybridized carbons (Fsp3) is 0.500. The molecule has 1 rings (SSSR count). The van der Waals surface area contributed by atoms with E-state index in [9.17, 15) is 4.79 Å². The van der Waals surface area contributed by atoms with Crippen LogP contribution in [0.1, 0.15) is 5.56 Å². The molecule has 0 bridgehead atoms. The molecule has 0 saturated heterocycles. The molecule has 20 heavy (non-hydrogen) atoms. The Morgan fingerprint density at radius 3 is 2.15 bits per heavy atom. The van der Waals surface area contributed by atoms with Crippen molar-refractivity contribution in [3.63, 3.8) is 0 Å². The van der Waals surface area contributed by atoms with Crippen molar-refractivity contribution in [3.05, 3.63) is 29.8 Å². The molecule has 0 saturated carbocycles. The third kappa shape index (κ3) is 6.57. The molecule has 1 aromatic rings. The van der Waals surface area contributed by atoms with Gasteiger partial charge in [0.2, 0.25) is 5.91 Å². The van der Waals surface area contributed by atoms with Crippen molar-refractivity contribution in [2.45, 2.75) is 13.0 Å². The lowest BCUT2D eigenvalue weighted by Gasteiger charge is -2.26. The van der Waals surface area contributed by atoms with Gasteiger partial charge in [-0.1, -0.05) is 18.2 Å². The monoisotopic (exact) mass is 321 g/mol. The van der Waals surface area contributed by atoms with E-state index in [1.807, 2.05) is 69.2 Å². The number of nitrogens with one attached hydrogen (secondary N) is 1. The molecule has 0 radical (unpaired) electrons. The summed E-state index contributed by atoms with van der Waals surface area (Å²) in [7, 11) is 7.78. The summed E-state index contributed by atoms with van der Waals surface area (Å²) in [5.41, 5.74) is 1.96. The first-order chi connectivity index (χ1) is 8.41. The fourth-order valence-electron chi connectivity index (χ4n) is 1.76. The maximum absolute atomic E-state index is 12.3. The summed E-state index contributed by atoms with van der Waals surface area (Å²) in [5, 5.41) is 2.99. The van der Waals surface area contributed by atoms with Crippen molar-refractivity contribution in [3.8, 4) is 0 Å². The van der Waals surface area contributed by atoms with Gasteiger partial charge in [-0.15, -0.1) is 24.8 Å². The average Bonchev–Trinajstić information content (AvgIpc) is 2.28. The van der Waals surface area contributed by atoms with Crippen LogP contribution in [0, 0.1) is 6.92 Å². The second-order valence-corrected chi connectivity index (χ2v) is 5.05. The predicted octanol–water partition coefficient (Wildman–Crippen LogP) is 2.27. The largest absolute Gasteiger partial charge is 0.324 e. The minimum absolute atomic E-state index is 0. The van der Waals surface area contributed by atoms with Gasteiger partial charge in [0.05, 0.1) is 0 Å². The number of carbonyl (C=O) groups excluding carboxylic acids is 1. The highest BCUT2D eigenvalue weighted by Gasteiger charge is 2.21. The van der Waals surface area contributed by atoms with E-state index >= 15 is 0 Å². The summed E-state index contributed by atoms with van der Waals surface area (Å²) in [4.78, 5) is 16.2. The van der Waals surface area contributed by atoms with Crippen LogP contribution < -0.4 is 5.32 Å². The lowest BCUT2D eigenvalue weighted by Crippen LogP contribution is -2.46. The second kappa shape index (κ2) is 10.00. The van der Waals surface area contributed by atoms with Gasteiger partial charge < -0.3 is 10.2 Å². The van der Waals surface area contributed by atoms with Crippen molar-refractivity contribution in [1.29, 1.82) is 0 Å². The molecular weight excluding hydrogens is 297 g/mol. The molecule has 1 amide bonds. The van der Waals surface area contributed by atoms with E-state index in [-0.39, 0.29) is 36.8 Å². The van der Waals surface area contributed by atoms with Crippen LogP contribution in [-0.2, 0) is 4.79 Å². The minimum atomic E-state index is -0.153. The van der Waals surface area contributed by atoms with E-state index in [1.165, 1.54) is 0 Å². The predicted molar refractivity (Wildman–Crippen MR) is 90.3 cm³/mol. The number of likely N-dealkylation sites (N-methyl/N-ethyl adjacent to an activating group) is 2. The Bertz CT molecular complexity index is 411. The van der Waals surface area contributed by atoms with E-state index in [4.69, 9.17) is 0 Å². The Morgan fingerprint density at radius 2 is 1.70 bits per heavy atom. The maximum Gasteiger partial charge on any atom is 0.243 e. The standard InChI is InChI=1S/C14H23N3O.2ClH/c1-11-8-6-7-9-12(11)15-14(18)13(17(4)5)10-16(2)3;;/h6-9,13H,10H2,1-5H3,(H,15,18);2*1H. The molecule has 0 aromatic heterocycles. The van der Waals surface area contributed by atoms with E-state index in [1.54, 1.807) is 0 Å². The molecule has 0 aliphatic carbocycles. The molecule has 0 aliphatic rings. The lowest BCUT2D eigenvalue weighted by atomic mass is 10.1. The molecule has 0 aliphatic heterocycles. The van der Waals surface area contributed by atoms with Crippen molar-refractivity contribution >= 4 is 36.4 Å². The van der Waals surface area contributed by atoms with Gasteiger partial charge in [0.15, 0.2) is 0 Å². The SMILES string of the molecule is Cc1ccccc1NC(=O)C(CN(C)C)N(C)C.Cl.Cl. The summed E-state index contributed by atoms with van der Waals surface area (Å²) in [6.45, 7) is 2.69. The van der Waals surface area contributed by atoms with E-state index in [0.717, 1.165) is 11.3 Å². The van der Waals surface area contributed by atoms with Crippen LogP contribution in [0.3, 0.4) is 0 Å². The molecule has 0 spiro atoms. The van der Waals surface area contributed by atoms with Gasteiger partial charge in [0.1, 0.15) is 6.04 Å². The fourth-order valence-corrected chi connectivity index (χ4v) is 1.76. The molecule has 6 heteroatoms. The summed E-state index contributed by atoms with van der Waals surface area (Å²) in [6.07, 6.45) is 0. The van der Waals surface area contributed by atoms with Crippen LogP contribution in [0.4, 0.5) is 5.69 Å². The summed E-state index contributed by atoms with van der Waals surface area (Å²) < 4.78 is 0. The average molecular weight is 322 g/mol. The number of carbonyl (C=O) groups is 1. The minimum Gasteiger partial charge on any atom is -0.324 e. The smallest absolute Gasteiger partial charge is 0.243 e. The molecule has 116 valence electrons. The van der Waals surface area contributed by atoms with Gasteiger partial charge in [-0.2, -0.15) is 0 Å². The van der Waals surface area contributed by atoms with Gasteiger partial charge in [0.25, 0.3) is 0 Å². The van der Waals surface area contributed by atoms with Crippen LogP contribution in [-0.4, -0.2) is 56.5 Å². The molecular formula is C14H25Cl2N3O. The first-order valence-electron chi connectivity index (χ1n) is 6.09. The third-order valence-electron chi connectivity index (χ3n) is 2.87. The second-order valence-electron chi connectivity index (χ2n) is 5.05. The van der Waals surface area contributed by atoms with Crippen molar-refractivity contribution < 1.29 is 4.79 Å². The van der Waals surface area contributed by atoms with Gasteiger partial charge >= 0.3 is 0 Å². The van der Waals surface area contributed by atoms with Crippen LogP contribution in [0.2, 0.25) is 0 Å². The van der Waals surface area contributed by atoms with Gasteiger partial charge in [-0.25, -0.2) is 0 Å². The number of amides is 1. The Balaban J connectivity index is 0. The van der Waals surface area contributed by atoms with Crippen LogP contribution in [0.25, 0.3) is 0 Å². The van der Waals surface area contributed by atoms with Crippen molar-refractivity contribution in [2.24, 2.45) is 0 Å². The highest BCUT2D eigenvalue weighted by molar-refractivity contribution is 5.95. The Hall–Kier alpha value is -0.810. The quantitative estimate of drug-likeness (QED) is 0.903. The number of halogens is 2. The molecule has 1 unspecified atom stereocenters. The Labute approximate surface area is 134 Å². The number of para-hydroxylation sites is 1. The Kier molecular flexibility index (Phi) is 10.7. The zero-order valence-corrected chi connectivity index (χ0v) is 14.3. The zero-order chi connectivity index (χ0) is 13.7.